The van der Waals surface area contributed by atoms with Gasteiger partial charge in [0, 0.05) is 17.5 Å². The van der Waals surface area contributed by atoms with Crippen molar-refractivity contribution < 1.29 is 17.7 Å². The van der Waals surface area contributed by atoms with Crippen LogP contribution in [-0.4, -0.2) is 25.2 Å². The monoisotopic (exact) mass is 452 g/mol. The zero-order valence-electron chi connectivity index (χ0n) is 18.6. The number of benzene rings is 2. The van der Waals surface area contributed by atoms with Crippen LogP contribution in [-0.2, 0) is 21.1 Å². The number of fused-ring (bicyclic) bond motifs is 1. The highest BCUT2D eigenvalue weighted by atomic mass is 32.2. The number of amides is 1. The Hall–Kier alpha value is -2.93. The molecule has 0 saturated heterocycles. The number of nitrogens with zero attached hydrogens (tertiary/aromatic N) is 1. The Bertz CT molecular complexity index is 1260. The number of aryl methyl sites for hydroxylation is 3. The molecule has 168 valence electrons. The number of hydrogen-bond acceptors (Lipinski definition) is 5. The normalized spacial score (nSPS) is 15.9. The van der Waals surface area contributed by atoms with Gasteiger partial charge in [0.25, 0.3) is 0 Å². The zero-order valence-corrected chi connectivity index (χ0v) is 19.5. The third-order valence-corrected chi connectivity index (χ3v) is 8.10. The largest absolute Gasteiger partial charge is 0.356 e. The summed E-state index contributed by atoms with van der Waals surface area (Å²) >= 11 is 0. The number of rotatable bonds is 6. The summed E-state index contributed by atoms with van der Waals surface area (Å²) < 4.78 is 31.6. The van der Waals surface area contributed by atoms with Crippen molar-refractivity contribution in [3.05, 3.63) is 70.4 Å². The van der Waals surface area contributed by atoms with Crippen LogP contribution in [0.5, 0.6) is 0 Å². The predicted octanol–water partition coefficient (Wildman–Crippen LogP) is 4.62. The van der Waals surface area contributed by atoms with Crippen LogP contribution in [0.25, 0.3) is 11.3 Å². The molecule has 1 aliphatic rings. The van der Waals surface area contributed by atoms with Gasteiger partial charge in [-0.3, -0.25) is 4.79 Å². The molecule has 0 fully saturated rings. The molecule has 32 heavy (non-hydrogen) atoms. The van der Waals surface area contributed by atoms with Crippen LogP contribution in [0, 0.1) is 20.8 Å². The van der Waals surface area contributed by atoms with Crippen molar-refractivity contribution >= 4 is 15.7 Å². The first-order valence-electron chi connectivity index (χ1n) is 10.9. The summed E-state index contributed by atoms with van der Waals surface area (Å²) in [6.45, 7) is 5.49. The van der Waals surface area contributed by atoms with Gasteiger partial charge in [-0.25, -0.2) is 8.42 Å². The molecule has 0 aliphatic heterocycles. The number of hydrogen-bond donors (Lipinski definition) is 1. The molecule has 4 rings (SSSR count). The number of nitrogens with one attached hydrogen (secondary N) is 1. The van der Waals surface area contributed by atoms with Crippen molar-refractivity contribution in [2.45, 2.75) is 57.4 Å². The maximum absolute atomic E-state index is 13.1. The number of carbonyl (C=O) groups excluding carboxylic acids is 1. The lowest BCUT2D eigenvalue weighted by Crippen LogP contribution is -2.32. The smallest absolute Gasteiger partial charge is 0.221 e. The summed E-state index contributed by atoms with van der Waals surface area (Å²) in [6, 6.07) is 13.3. The first-order valence-corrected chi connectivity index (χ1v) is 12.6. The van der Waals surface area contributed by atoms with Gasteiger partial charge in [0.15, 0.2) is 15.6 Å². The minimum Gasteiger partial charge on any atom is -0.356 e. The van der Waals surface area contributed by atoms with Crippen LogP contribution in [0.1, 0.15) is 53.3 Å². The SMILES string of the molecule is Cc1ccc(-c2onc(C)c2C)cc1S(=O)(=O)CCC(=O)N[C@H]1CCCc2ccccc21. The summed E-state index contributed by atoms with van der Waals surface area (Å²) in [5.41, 5.74) is 5.34. The Morgan fingerprint density at radius 1 is 1.16 bits per heavy atom. The van der Waals surface area contributed by atoms with Crippen molar-refractivity contribution in [1.29, 1.82) is 0 Å². The van der Waals surface area contributed by atoms with Gasteiger partial charge in [0.05, 0.1) is 22.4 Å². The highest BCUT2D eigenvalue weighted by molar-refractivity contribution is 7.91. The molecule has 6 nitrogen and oxygen atoms in total. The number of aromatic nitrogens is 1. The summed E-state index contributed by atoms with van der Waals surface area (Å²) in [7, 11) is -3.65. The third-order valence-electron chi connectivity index (χ3n) is 6.25. The second-order valence-electron chi connectivity index (χ2n) is 8.48. The van der Waals surface area contributed by atoms with E-state index >= 15 is 0 Å². The standard InChI is InChI=1S/C25H28N2O4S/c1-16-11-12-20(25-17(2)18(3)27-31-25)15-23(16)32(29,30)14-13-24(28)26-22-10-6-8-19-7-4-5-9-21(19)22/h4-5,7,9,11-12,15,22H,6,8,10,13-14H2,1-3H3,(H,26,28)/t22-/m0/s1. The fraction of sp³-hybridized carbons (Fsp3) is 0.360. The van der Waals surface area contributed by atoms with E-state index in [-0.39, 0.29) is 29.0 Å². The average molecular weight is 453 g/mol. The molecule has 1 amide bonds. The molecule has 0 spiro atoms. The number of carbonyl (C=O) groups is 1. The molecule has 2 aromatic carbocycles. The lowest BCUT2D eigenvalue weighted by atomic mass is 9.88. The van der Waals surface area contributed by atoms with E-state index in [2.05, 4.69) is 16.5 Å². The Labute approximate surface area is 188 Å². The Balaban J connectivity index is 1.47. The molecule has 7 heteroatoms. The van der Waals surface area contributed by atoms with E-state index in [4.69, 9.17) is 4.52 Å². The maximum atomic E-state index is 13.1. The Kier molecular flexibility index (Phi) is 6.20. The van der Waals surface area contributed by atoms with Crippen molar-refractivity contribution in [2.24, 2.45) is 0 Å². The summed E-state index contributed by atoms with van der Waals surface area (Å²) in [5, 5.41) is 6.99. The highest BCUT2D eigenvalue weighted by Crippen LogP contribution is 2.31. The van der Waals surface area contributed by atoms with Crippen LogP contribution in [0.2, 0.25) is 0 Å². The van der Waals surface area contributed by atoms with Gasteiger partial charge in [-0.15, -0.1) is 0 Å². The van der Waals surface area contributed by atoms with E-state index in [0.29, 0.717) is 16.9 Å². The molecule has 1 atom stereocenters. The number of sulfone groups is 1. The molecular formula is C25H28N2O4S. The summed E-state index contributed by atoms with van der Waals surface area (Å²) in [5.74, 6) is 0.0739. The van der Waals surface area contributed by atoms with Gasteiger partial charge in [-0.1, -0.05) is 41.6 Å². The summed E-state index contributed by atoms with van der Waals surface area (Å²) in [6.07, 6.45) is 2.81. The van der Waals surface area contributed by atoms with E-state index in [9.17, 15) is 13.2 Å². The molecule has 1 aliphatic carbocycles. The molecule has 3 aromatic rings. The minimum atomic E-state index is -3.65. The first kappa shape index (κ1) is 22.3. The van der Waals surface area contributed by atoms with Crippen LogP contribution in [0.3, 0.4) is 0 Å². The molecule has 1 N–H and O–H groups in total. The Morgan fingerprint density at radius 3 is 2.69 bits per heavy atom. The van der Waals surface area contributed by atoms with Crippen LogP contribution >= 0.6 is 0 Å². The molecule has 0 unspecified atom stereocenters. The second-order valence-corrected chi connectivity index (χ2v) is 10.6. The molecule has 0 bridgehead atoms. The van der Waals surface area contributed by atoms with Gasteiger partial charge in [0.1, 0.15) is 0 Å². The lowest BCUT2D eigenvalue weighted by Gasteiger charge is -2.26. The predicted molar refractivity (Wildman–Crippen MR) is 123 cm³/mol. The fourth-order valence-corrected chi connectivity index (χ4v) is 5.81. The van der Waals surface area contributed by atoms with Gasteiger partial charge >= 0.3 is 0 Å². The maximum Gasteiger partial charge on any atom is 0.221 e. The van der Waals surface area contributed by atoms with E-state index in [1.54, 1.807) is 19.1 Å². The van der Waals surface area contributed by atoms with Crippen LogP contribution < -0.4 is 5.32 Å². The van der Waals surface area contributed by atoms with Gasteiger partial charge < -0.3 is 9.84 Å². The highest BCUT2D eigenvalue weighted by Gasteiger charge is 2.24. The summed E-state index contributed by atoms with van der Waals surface area (Å²) in [4.78, 5) is 12.8. The first-order chi connectivity index (χ1) is 15.3. The van der Waals surface area contributed by atoms with Gasteiger partial charge in [0.2, 0.25) is 5.91 Å². The average Bonchev–Trinajstić information content (AvgIpc) is 3.11. The van der Waals surface area contributed by atoms with E-state index in [1.165, 1.54) is 5.56 Å². The topological polar surface area (TPSA) is 89.3 Å². The molecule has 0 radical (unpaired) electrons. The molecule has 0 saturated carbocycles. The lowest BCUT2D eigenvalue weighted by molar-refractivity contribution is -0.121. The fourth-order valence-electron chi connectivity index (χ4n) is 4.27. The zero-order chi connectivity index (χ0) is 22.9. The quantitative estimate of drug-likeness (QED) is 0.589. The van der Waals surface area contributed by atoms with Crippen molar-refractivity contribution in [3.63, 3.8) is 0 Å². The van der Waals surface area contributed by atoms with Crippen molar-refractivity contribution in [1.82, 2.24) is 10.5 Å². The molecular weight excluding hydrogens is 424 g/mol. The van der Waals surface area contributed by atoms with Gasteiger partial charge in [-0.05, 0) is 62.8 Å². The van der Waals surface area contributed by atoms with Gasteiger partial charge in [-0.2, -0.15) is 0 Å². The Morgan fingerprint density at radius 2 is 1.94 bits per heavy atom. The molecule has 1 aromatic heterocycles. The van der Waals surface area contributed by atoms with Crippen molar-refractivity contribution in [3.8, 4) is 11.3 Å². The molecule has 1 heterocycles. The van der Waals surface area contributed by atoms with E-state index in [1.807, 2.05) is 38.1 Å². The van der Waals surface area contributed by atoms with E-state index in [0.717, 1.165) is 36.1 Å². The second kappa shape index (κ2) is 8.90. The minimum absolute atomic E-state index is 0.0575. The van der Waals surface area contributed by atoms with Crippen LogP contribution in [0.4, 0.5) is 0 Å². The third kappa shape index (κ3) is 4.48. The van der Waals surface area contributed by atoms with Crippen molar-refractivity contribution in [2.75, 3.05) is 5.75 Å². The van der Waals surface area contributed by atoms with E-state index < -0.39 is 9.84 Å². The van der Waals surface area contributed by atoms with Crippen LogP contribution in [0.15, 0.2) is 51.9 Å².